The molecule has 1 aromatic rings. The molecule has 0 aromatic heterocycles. The van der Waals surface area contributed by atoms with Gasteiger partial charge in [0.1, 0.15) is 5.75 Å². The van der Waals surface area contributed by atoms with Crippen molar-refractivity contribution in [3.05, 3.63) is 29.8 Å². The molecule has 0 aliphatic carbocycles. The quantitative estimate of drug-likeness (QED) is 0.778. The van der Waals surface area contributed by atoms with E-state index in [4.69, 9.17) is 15.2 Å². The van der Waals surface area contributed by atoms with Gasteiger partial charge in [-0.3, -0.25) is 4.79 Å². The monoisotopic (exact) mass is 237 g/mol. The lowest BCUT2D eigenvalue weighted by molar-refractivity contribution is -0.123. The van der Waals surface area contributed by atoms with E-state index in [9.17, 15) is 9.59 Å². The molecule has 0 heterocycles. The first kappa shape index (κ1) is 13.0. The first-order valence-electron chi connectivity index (χ1n) is 5.27. The van der Waals surface area contributed by atoms with Crippen LogP contribution in [0.15, 0.2) is 24.3 Å². The summed E-state index contributed by atoms with van der Waals surface area (Å²) in [6.07, 6.45) is -0.705. The number of ether oxygens (including phenoxy) is 2. The van der Waals surface area contributed by atoms with Crippen LogP contribution in [-0.2, 0) is 9.53 Å². The van der Waals surface area contributed by atoms with E-state index in [1.165, 1.54) is 0 Å². The first-order chi connectivity index (χ1) is 8.04. The van der Waals surface area contributed by atoms with Gasteiger partial charge >= 0.3 is 5.97 Å². The highest BCUT2D eigenvalue weighted by Crippen LogP contribution is 2.14. The normalized spacial score (nSPS) is 11.6. The van der Waals surface area contributed by atoms with Crippen LogP contribution in [0.5, 0.6) is 5.75 Å². The molecule has 5 nitrogen and oxygen atoms in total. The lowest BCUT2D eigenvalue weighted by Crippen LogP contribution is -2.30. The SMILES string of the molecule is CCOC(=O)c1ccc(O[C@H](C)C(N)=O)cc1. The van der Waals surface area contributed by atoms with Crippen molar-refractivity contribution in [3.63, 3.8) is 0 Å². The minimum Gasteiger partial charge on any atom is -0.481 e. The number of primary amides is 1. The summed E-state index contributed by atoms with van der Waals surface area (Å²) in [7, 11) is 0. The molecule has 1 atom stereocenters. The summed E-state index contributed by atoms with van der Waals surface area (Å²) in [5.41, 5.74) is 5.50. The van der Waals surface area contributed by atoms with Crippen LogP contribution < -0.4 is 10.5 Å². The molecule has 92 valence electrons. The third-order valence-electron chi connectivity index (χ3n) is 2.08. The molecule has 0 unspecified atom stereocenters. The molecule has 0 radical (unpaired) electrons. The van der Waals surface area contributed by atoms with Gasteiger partial charge in [-0.15, -0.1) is 0 Å². The van der Waals surface area contributed by atoms with E-state index >= 15 is 0 Å². The van der Waals surface area contributed by atoms with Crippen LogP contribution in [0, 0.1) is 0 Å². The van der Waals surface area contributed by atoms with E-state index < -0.39 is 12.0 Å². The average Bonchev–Trinajstić information content (AvgIpc) is 2.30. The van der Waals surface area contributed by atoms with Gasteiger partial charge in [-0.1, -0.05) is 0 Å². The molecule has 1 rings (SSSR count). The van der Waals surface area contributed by atoms with Crippen molar-refractivity contribution in [2.24, 2.45) is 5.73 Å². The Balaban J connectivity index is 2.68. The van der Waals surface area contributed by atoms with Gasteiger partial charge in [0, 0.05) is 0 Å². The molecular formula is C12H15NO4. The van der Waals surface area contributed by atoms with E-state index in [1.54, 1.807) is 38.1 Å². The highest BCUT2D eigenvalue weighted by molar-refractivity contribution is 5.89. The molecule has 0 spiro atoms. The summed E-state index contributed by atoms with van der Waals surface area (Å²) in [6.45, 7) is 3.63. The summed E-state index contributed by atoms with van der Waals surface area (Å²) >= 11 is 0. The zero-order valence-electron chi connectivity index (χ0n) is 9.80. The van der Waals surface area contributed by atoms with Crippen LogP contribution >= 0.6 is 0 Å². The van der Waals surface area contributed by atoms with Gasteiger partial charge in [-0.25, -0.2) is 4.79 Å². The Morgan fingerprint density at radius 1 is 1.29 bits per heavy atom. The van der Waals surface area contributed by atoms with Gasteiger partial charge in [0.25, 0.3) is 5.91 Å². The van der Waals surface area contributed by atoms with Crippen molar-refractivity contribution in [1.82, 2.24) is 0 Å². The van der Waals surface area contributed by atoms with Gasteiger partial charge in [0.05, 0.1) is 12.2 Å². The molecular weight excluding hydrogens is 222 g/mol. The van der Waals surface area contributed by atoms with Crippen LogP contribution in [0.25, 0.3) is 0 Å². The first-order valence-corrected chi connectivity index (χ1v) is 5.27. The number of nitrogens with two attached hydrogens (primary N) is 1. The van der Waals surface area contributed by atoms with E-state index in [-0.39, 0.29) is 5.97 Å². The molecule has 0 bridgehead atoms. The van der Waals surface area contributed by atoms with Gasteiger partial charge in [0.2, 0.25) is 0 Å². The standard InChI is InChI=1S/C12H15NO4/c1-3-16-12(15)9-4-6-10(7-5-9)17-8(2)11(13)14/h4-8H,3H2,1-2H3,(H2,13,14)/t8-/m1/s1. The maximum atomic E-state index is 11.3. The molecule has 0 saturated heterocycles. The van der Waals surface area contributed by atoms with Crippen LogP contribution in [0.4, 0.5) is 0 Å². The summed E-state index contributed by atoms with van der Waals surface area (Å²) in [5, 5.41) is 0. The Hall–Kier alpha value is -2.04. The minimum absolute atomic E-state index is 0.329. The van der Waals surface area contributed by atoms with Crippen LogP contribution in [-0.4, -0.2) is 24.6 Å². The van der Waals surface area contributed by atoms with Gasteiger partial charge < -0.3 is 15.2 Å². The van der Waals surface area contributed by atoms with Crippen molar-refractivity contribution < 1.29 is 19.1 Å². The van der Waals surface area contributed by atoms with Gasteiger partial charge in [-0.2, -0.15) is 0 Å². The van der Waals surface area contributed by atoms with Crippen molar-refractivity contribution >= 4 is 11.9 Å². The zero-order valence-corrected chi connectivity index (χ0v) is 9.80. The van der Waals surface area contributed by atoms with Gasteiger partial charge in [-0.05, 0) is 38.1 Å². The molecule has 0 aliphatic heterocycles. The Morgan fingerprint density at radius 3 is 2.35 bits per heavy atom. The van der Waals surface area contributed by atoms with Gasteiger partial charge in [0.15, 0.2) is 6.10 Å². The number of carbonyl (C=O) groups is 2. The lowest BCUT2D eigenvalue weighted by Gasteiger charge is -2.11. The lowest BCUT2D eigenvalue weighted by atomic mass is 10.2. The fourth-order valence-electron chi connectivity index (χ4n) is 1.15. The number of carbonyl (C=O) groups excluding carboxylic acids is 2. The average molecular weight is 237 g/mol. The van der Waals surface area contributed by atoms with Crippen LogP contribution in [0.3, 0.4) is 0 Å². The summed E-state index contributed by atoms with van der Waals surface area (Å²) in [6, 6.07) is 6.32. The molecule has 1 amide bonds. The van der Waals surface area contributed by atoms with E-state index in [0.717, 1.165) is 0 Å². The topological polar surface area (TPSA) is 78.6 Å². The van der Waals surface area contributed by atoms with Crippen molar-refractivity contribution in [1.29, 1.82) is 0 Å². The smallest absolute Gasteiger partial charge is 0.338 e. The Labute approximate surface area is 99.5 Å². The summed E-state index contributed by atoms with van der Waals surface area (Å²) < 4.78 is 10.1. The number of hydrogen-bond donors (Lipinski definition) is 1. The zero-order chi connectivity index (χ0) is 12.8. The third kappa shape index (κ3) is 3.79. The van der Waals surface area contributed by atoms with E-state index in [1.807, 2.05) is 0 Å². The number of esters is 1. The maximum absolute atomic E-state index is 11.3. The van der Waals surface area contributed by atoms with Crippen molar-refractivity contribution in [2.75, 3.05) is 6.61 Å². The minimum atomic E-state index is -0.705. The highest BCUT2D eigenvalue weighted by atomic mass is 16.5. The van der Waals surface area contributed by atoms with Crippen molar-refractivity contribution in [3.8, 4) is 5.75 Å². The molecule has 0 aliphatic rings. The molecule has 0 saturated carbocycles. The fraction of sp³-hybridized carbons (Fsp3) is 0.333. The molecule has 17 heavy (non-hydrogen) atoms. The highest BCUT2D eigenvalue weighted by Gasteiger charge is 2.11. The predicted molar refractivity (Wildman–Crippen MR) is 61.7 cm³/mol. The molecule has 5 heteroatoms. The number of rotatable bonds is 5. The second-order valence-electron chi connectivity index (χ2n) is 3.41. The Bertz CT molecular complexity index is 399. The summed E-state index contributed by atoms with van der Waals surface area (Å²) in [4.78, 5) is 22.1. The molecule has 1 aromatic carbocycles. The maximum Gasteiger partial charge on any atom is 0.338 e. The second-order valence-corrected chi connectivity index (χ2v) is 3.41. The fourth-order valence-corrected chi connectivity index (χ4v) is 1.15. The summed E-state index contributed by atoms with van der Waals surface area (Å²) in [5.74, 6) is -0.453. The molecule has 2 N–H and O–H groups in total. The van der Waals surface area contributed by atoms with Crippen molar-refractivity contribution in [2.45, 2.75) is 20.0 Å². The van der Waals surface area contributed by atoms with Crippen LogP contribution in [0.1, 0.15) is 24.2 Å². The van der Waals surface area contributed by atoms with E-state index in [0.29, 0.717) is 17.9 Å². The number of hydrogen-bond acceptors (Lipinski definition) is 4. The second kappa shape index (κ2) is 5.89. The Morgan fingerprint density at radius 2 is 1.88 bits per heavy atom. The Kier molecular flexibility index (Phi) is 4.51. The number of benzene rings is 1. The largest absolute Gasteiger partial charge is 0.481 e. The van der Waals surface area contributed by atoms with E-state index in [2.05, 4.69) is 0 Å². The number of amides is 1. The molecule has 0 fully saturated rings. The third-order valence-corrected chi connectivity index (χ3v) is 2.08. The van der Waals surface area contributed by atoms with Crippen LogP contribution in [0.2, 0.25) is 0 Å². The predicted octanol–water partition coefficient (Wildman–Crippen LogP) is 1.12.